The second-order valence-electron chi connectivity index (χ2n) is 9.08. The molecule has 2 unspecified atom stereocenters. The van der Waals surface area contributed by atoms with Crippen molar-refractivity contribution in [2.24, 2.45) is 0 Å². The molecule has 0 saturated carbocycles. The van der Waals surface area contributed by atoms with Gasteiger partial charge in [-0.15, -0.1) is 0 Å². The molecule has 0 bridgehead atoms. The Balaban J connectivity index is 1.21. The molecule has 1 saturated heterocycles. The standard InChI is InChI=1S/C26H24F2N4O4/c27-19-5-3-16(12-20(19)28)25-21-2-1-7-30(21)8-9-31(25)26(34)29-17-13-24(33)32(15-17)18-4-6-22-23(14-18)36-11-10-35-22/h1-7,12,14,17,25H,8-11,13,15H2,(H,29,34). The summed E-state index contributed by atoms with van der Waals surface area (Å²) >= 11 is 0. The summed E-state index contributed by atoms with van der Waals surface area (Å²) in [6.45, 7) is 2.19. The molecular weight excluding hydrogens is 470 g/mol. The van der Waals surface area contributed by atoms with Gasteiger partial charge in [0, 0.05) is 49.7 Å². The van der Waals surface area contributed by atoms with Crippen LogP contribution in [-0.2, 0) is 11.3 Å². The van der Waals surface area contributed by atoms with Crippen molar-refractivity contribution in [3.63, 3.8) is 0 Å². The second-order valence-corrected chi connectivity index (χ2v) is 9.08. The molecule has 1 aromatic heterocycles. The zero-order valence-electron chi connectivity index (χ0n) is 19.3. The van der Waals surface area contributed by atoms with E-state index in [-0.39, 0.29) is 18.4 Å². The van der Waals surface area contributed by atoms with Gasteiger partial charge < -0.3 is 29.2 Å². The van der Waals surface area contributed by atoms with Crippen molar-refractivity contribution >= 4 is 17.6 Å². The molecule has 3 aliphatic rings. The fraction of sp³-hybridized carbons (Fsp3) is 0.308. The van der Waals surface area contributed by atoms with Crippen molar-refractivity contribution in [1.29, 1.82) is 0 Å². The third-order valence-electron chi connectivity index (χ3n) is 6.85. The number of nitrogens with one attached hydrogen (secondary N) is 1. The van der Waals surface area contributed by atoms with E-state index < -0.39 is 23.7 Å². The third-order valence-corrected chi connectivity index (χ3v) is 6.85. The fourth-order valence-corrected chi connectivity index (χ4v) is 5.15. The van der Waals surface area contributed by atoms with Crippen molar-refractivity contribution in [2.75, 3.05) is 31.2 Å². The number of fused-ring (bicyclic) bond motifs is 2. The van der Waals surface area contributed by atoms with Crippen molar-refractivity contribution < 1.29 is 27.8 Å². The zero-order chi connectivity index (χ0) is 24.8. The Morgan fingerprint density at radius 2 is 1.81 bits per heavy atom. The molecule has 0 radical (unpaired) electrons. The van der Waals surface area contributed by atoms with E-state index in [1.54, 1.807) is 28.0 Å². The van der Waals surface area contributed by atoms with Crippen molar-refractivity contribution in [1.82, 2.24) is 14.8 Å². The van der Waals surface area contributed by atoms with Crippen LogP contribution in [-0.4, -0.2) is 53.8 Å². The summed E-state index contributed by atoms with van der Waals surface area (Å²) in [6.07, 6.45) is 2.05. The molecule has 186 valence electrons. The maximum absolute atomic E-state index is 14.1. The van der Waals surface area contributed by atoms with Gasteiger partial charge in [-0.3, -0.25) is 4.79 Å². The number of anilines is 1. The Kier molecular flexibility index (Phi) is 5.50. The van der Waals surface area contributed by atoms with Gasteiger partial charge in [-0.05, 0) is 42.0 Å². The molecule has 1 N–H and O–H groups in total. The predicted molar refractivity (Wildman–Crippen MR) is 126 cm³/mol. The topological polar surface area (TPSA) is 76.0 Å². The maximum atomic E-state index is 14.1. The molecule has 3 aromatic rings. The van der Waals surface area contributed by atoms with Crippen LogP contribution in [0.2, 0.25) is 0 Å². The maximum Gasteiger partial charge on any atom is 0.318 e. The minimum Gasteiger partial charge on any atom is -0.486 e. The molecule has 8 nitrogen and oxygen atoms in total. The first kappa shape index (κ1) is 22.4. The first-order valence-corrected chi connectivity index (χ1v) is 11.8. The van der Waals surface area contributed by atoms with E-state index >= 15 is 0 Å². The number of urea groups is 1. The highest BCUT2D eigenvalue weighted by molar-refractivity contribution is 5.97. The van der Waals surface area contributed by atoms with E-state index in [4.69, 9.17) is 9.47 Å². The van der Waals surface area contributed by atoms with E-state index in [1.807, 2.05) is 22.9 Å². The smallest absolute Gasteiger partial charge is 0.318 e. The van der Waals surface area contributed by atoms with E-state index in [0.717, 1.165) is 17.8 Å². The first-order chi connectivity index (χ1) is 17.5. The quantitative estimate of drug-likeness (QED) is 0.605. The van der Waals surface area contributed by atoms with Crippen LogP contribution in [0.25, 0.3) is 0 Å². The van der Waals surface area contributed by atoms with Crippen LogP contribution >= 0.6 is 0 Å². The van der Waals surface area contributed by atoms with Gasteiger partial charge in [0.2, 0.25) is 5.91 Å². The summed E-state index contributed by atoms with van der Waals surface area (Å²) in [6, 6.07) is 11.4. The Hall–Kier alpha value is -4.08. The largest absolute Gasteiger partial charge is 0.486 e. The summed E-state index contributed by atoms with van der Waals surface area (Å²) in [5, 5.41) is 2.98. The van der Waals surface area contributed by atoms with Gasteiger partial charge in [-0.2, -0.15) is 0 Å². The summed E-state index contributed by atoms with van der Waals surface area (Å²) < 4.78 is 40.9. The van der Waals surface area contributed by atoms with Crippen LogP contribution in [0.4, 0.5) is 19.3 Å². The highest BCUT2D eigenvalue weighted by Crippen LogP contribution is 2.36. The van der Waals surface area contributed by atoms with E-state index in [2.05, 4.69) is 5.32 Å². The van der Waals surface area contributed by atoms with Crippen LogP contribution in [0, 0.1) is 11.6 Å². The molecule has 0 spiro atoms. The summed E-state index contributed by atoms with van der Waals surface area (Å²) in [7, 11) is 0. The van der Waals surface area contributed by atoms with Crippen molar-refractivity contribution in [3.8, 4) is 11.5 Å². The normalized spacial score (nSPS) is 20.9. The Labute approximate surface area is 206 Å². The van der Waals surface area contributed by atoms with Gasteiger partial charge >= 0.3 is 6.03 Å². The van der Waals surface area contributed by atoms with Crippen LogP contribution < -0.4 is 19.7 Å². The lowest BCUT2D eigenvalue weighted by atomic mass is 10.00. The number of rotatable bonds is 3. The monoisotopic (exact) mass is 494 g/mol. The second kappa shape index (κ2) is 8.85. The fourth-order valence-electron chi connectivity index (χ4n) is 5.15. The number of hydrogen-bond acceptors (Lipinski definition) is 4. The Morgan fingerprint density at radius 1 is 0.972 bits per heavy atom. The average Bonchev–Trinajstić information content (AvgIpc) is 3.51. The number of aromatic nitrogens is 1. The minimum atomic E-state index is -0.965. The van der Waals surface area contributed by atoms with Crippen LogP contribution in [0.5, 0.6) is 11.5 Å². The SMILES string of the molecule is O=C1CC(NC(=O)N2CCn3cccc3C2c2ccc(F)c(F)c2)CN1c1ccc2c(c1)OCCO2. The molecule has 3 aliphatic heterocycles. The number of benzene rings is 2. The molecule has 3 amide bonds. The van der Waals surface area contributed by atoms with E-state index in [0.29, 0.717) is 55.6 Å². The summed E-state index contributed by atoms with van der Waals surface area (Å²) in [4.78, 5) is 29.5. The Morgan fingerprint density at radius 3 is 2.64 bits per heavy atom. The number of ether oxygens (including phenoxy) is 2. The third kappa shape index (κ3) is 3.92. The number of halogens is 2. The molecule has 2 atom stereocenters. The van der Waals surface area contributed by atoms with Crippen LogP contribution in [0.3, 0.4) is 0 Å². The number of nitrogens with zero attached hydrogens (tertiary/aromatic N) is 3. The van der Waals surface area contributed by atoms with Crippen LogP contribution in [0.15, 0.2) is 54.7 Å². The number of amides is 3. The molecule has 0 aliphatic carbocycles. The van der Waals surface area contributed by atoms with E-state index in [1.165, 1.54) is 6.07 Å². The minimum absolute atomic E-state index is 0.110. The summed E-state index contributed by atoms with van der Waals surface area (Å²) in [5.41, 5.74) is 1.96. The summed E-state index contributed by atoms with van der Waals surface area (Å²) in [5.74, 6) is -0.788. The molecule has 6 rings (SSSR count). The highest BCUT2D eigenvalue weighted by atomic mass is 19.2. The van der Waals surface area contributed by atoms with Gasteiger partial charge in [0.1, 0.15) is 13.2 Å². The van der Waals surface area contributed by atoms with Gasteiger partial charge in [0.15, 0.2) is 23.1 Å². The molecule has 10 heteroatoms. The predicted octanol–water partition coefficient (Wildman–Crippen LogP) is 3.46. The number of hydrogen-bond donors (Lipinski definition) is 1. The van der Waals surface area contributed by atoms with Crippen molar-refractivity contribution in [2.45, 2.75) is 25.0 Å². The average molecular weight is 494 g/mol. The molecule has 36 heavy (non-hydrogen) atoms. The van der Waals surface area contributed by atoms with Crippen molar-refractivity contribution in [3.05, 3.63) is 77.6 Å². The number of carbonyl (C=O) groups is 2. The molecular formula is C26H24F2N4O4. The van der Waals surface area contributed by atoms with Gasteiger partial charge in [0.05, 0.1) is 12.1 Å². The zero-order valence-corrected chi connectivity index (χ0v) is 19.3. The van der Waals surface area contributed by atoms with E-state index in [9.17, 15) is 18.4 Å². The van der Waals surface area contributed by atoms with Gasteiger partial charge in [0.25, 0.3) is 0 Å². The first-order valence-electron chi connectivity index (χ1n) is 11.8. The Bertz CT molecular complexity index is 1340. The number of carbonyl (C=O) groups excluding carboxylic acids is 2. The molecule has 4 heterocycles. The lowest BCUT2D eigenvalue weighted by Crippen LogP contribution is -2.50. The lowest BCUT2D eigenvalue weighted by Gasteiger charge is -2.37. The van der Waals surface area contributed by atoms with Crippen LogP contribution in [0.1, 0.15) is 23.7 Å². The van der Waals surface area contributed by atoms with Gasteiger partial charge in [-0.25, -0.2) is 13.6 Å². The molecule has 2 aromatic carbocycles. The van der Waals surface area contributed by atoms with Gasteiger partial charge in [-0.1, -0.05) is 6.07 Å². The lowest BCUT2D eigenvalue weighted by molar-refractivity contribution is -0.117. The molecule has 1 fully saturated rings. The highest BCUT2D eigenvalue weighted by Gasteiger charge is 2.37.